The minimum Gasteiger partial charge on any atom is -0.482 e. The topological polar surface area (TPSA) is 64.6 Å². The number of rotatable bonds is 6. The van der Waals surface area contributed by atoms with Gasteiger partial charge in [0.15, 0.2) is 6.61 Å². The van der Waals surface area contributed by atoms with Crippen molar-refractivity contribution >= 4 is 51.4 Å². The first-order chi connectivity index (χ1) is 13.5. The highest BCUT2D eigenvalue weighted by atomic mass is 35.5. The lowest BCUT2D eigenvalue weighted by molar-refractivity contribution is -0.118. The molecule has 1 amide bonds. The number of anilines is 1. The van der Waals surface area contributed by atoms with Gasteiger partial charge >= 0.3 is 5.97 Å². The van der Waals surface area contributed by atoms with Crippen molar-refractivity contribution in [2.75, 3.05) is 18.5 Å². The first-order valence-corrected chi connectivity index (χ1v) is 10.8. The number of esters is 1. The van der Waals surface area contributed by atoms with Crippen LogP contribution in [0.15, 0.2) is 18.2 Å². The van der Waals surface area contributed by atoms with E-state index >= 15 is 0 Å². The first-order valence-electron chi connectivity index (χ1n) is 9.19. The Hall–Kier alpha value is -1.76. The summed E-state index contributed by atoms with van der Waals surface area (Å²) in [6.07, 6.45) is 4.99. The van der Waals surface area contributed by atoms with Crippen LogP contribution >= 0.6 is 34.5 Å². The first kappa shape index (κ1) is 21.0. The third-order valence-corrected chi connectivity index (χ3v) is 6.16. The van der Waals surface area contributed by atoms with Crippen molar-refractivity contribution in [1.82, 2.24) is 0 Å². The Morgan fingerprint density at radius 1 is 1.18 bits per heavy atom. The van der Waals surface area contributed by atoms with E-state index in [0.29, 0.717) is 26.4 Å². The normalized spacial score (nSPS) is 13.4. The average molecular weight is 442 g/mol. The van der Waals surface area contributed by atoms with Gasteiger partial charge in [0.25, 0.3) is 5.91 Å². The number of hydrogen-bond donors (Lipinski definition) is 1. The standard InChI is InChI=1S/C20H21Cl2NO4S/c1-2-26-20(25)18-13-6-4-3-5-7-16(13)28-19(18)23-17(24)11-27-15-10-12(21)8-9-14(15)22/h8-10H,2-7,11H2,1H3,(H,23,24). The van der Waals surface area contributed by atoms with E-state index in [9.17, 15) is 9.59 Å². The maximum Gasteiger partial charge on any atom is 0.341 e. The van der Waals surface area contributed by atoms with Crippen LogP contribution in [0.4, 0.5) is 5.00 Å². The minimum absolute atomic E-state index is 0.245. The van der Waals surface area contributed by atoms with Crippen LogP contribution in [0.5, 0.6) is 5.75 Å². The number of amides is 1. The van der Waals surface area contributed by atoms with Crippen molar-refractivity contribution in [3.63, 3.8) is 0 Å². The highest BCUT2D eigenvalue weighted by Crippen LogP contribution is 2.38. The number of ether oxygens (including phenoxy) is 2. The average Bonchev–Trinajstić information content (AvgIpc) is 2.83. The van der Waals surface area contributed by atoms with Gasteiger partial charge in [-0.3, -0.25) is 4.79 Å². The molecular formula is C20H21Cl2NO4S. The van der Waals surface area contributed by atoms with Crippen molar-refractivity contribution < 1.29 is 19.1 Å². The molecule has 1 aliphatic rings. The lowest BCUT2D eigenvalue weighted by Crippen LogP contribution is -2.21. The number of carbonyl (C=O) groups excluding carboxylic acids is 2. The second-order valence-electron chi connectivity index (χ2n) is 6.40. The second kappa shape index (κ2) is 9.63. The largest absolute Gasteiger partial charge is 0.482 e. The molecule has 3 rings (SSSR count). The van der Waals surface area contributed by atoms with E-state index in [4.69, 9.17) is 32.7 Å². The summed E-state index contributed by atoms with van der Waals surface area (Å²) in [6, 6.07) is 4.79. The van der Waals surface area contributed by atoms with Crippen LogP contribution in [0.25, 0.3) is 0 Å². The predicted octanol–water partition coefficient (Wildman–Crippen LogP) is 5.52. The molecule has 0 saturated carbocycles. The lowest BCUT2D eigenvalue weighted by Gasteiger charge is -2.10. The minimum atomic E-state index is -0.393. The Balaban J connectivity index is 1.76. The summed E-state index contributed by atoms with van der Waals surface area (Å²) in [6.45, 7) is 1.81. The Morgan fingerprint density at radius 3 is 2.75 bits per heavy atom. The van der Waals surface area contributed by atoms with Gasteiger partial charge in [0.1, 0.15) is 10.8 Å². The summed E-state index contributed by atoms with van der Waals surface area (Å²) in [4.78, 5) is 26.1. The zero-order chi connectivity index (χ0) is 20.1. The van der Waals surface area contributed by atoms with Crippen LogP contribution in [0, 0.1) is 0 Å². The predicted molar refractivity (Wildman–Crippen MR) is 112 cm³/mol. The lowest BCUT2D eigenvalue weighted by atomic mass is 10.1. The summed E-state index contributed by atoms with van der Waals surface area (Å²) >= 11 is 13.4. The van der Waals surface area contributed by atoms with Gasteiger partial charge in [0.2, 0.25) is 0 Å². The summed E-state index contributed by atoms with van der Waals surface area (Å²) < 4.78 is 10.7. The summed E-state index contributed by atoms with van der Waals surface area (Å²) in [5.41, 5.74) is 1.49. The van der Waals surface area contributed by atoms with E-state index in [0.717, 1.165) is 42.5 Å². The Kier molecular flexibility index (Phi) is 7.21. The number of benzene rings is 1. The highest BCUT2D eigenvalue weighted by molar-refractivity contribution is 7.17. The molecule has 1 heterocycles. The third kappa shape index (κ3) is 4.99. The fourth-order valence-electron chi connectivity index (χ4n) is 3.14. The number of thiophene rings is 1. The number of halogens is 2. The molecule has 1 N–H and O–H groups in total. The van der Waals surface area contributed by atoms with Crippen molar-refractivity contribution in [2.24, 2.45) is 0 Å². The molecule has 0 spiro atoms. The monoisotopic (exact) mass is 441 g/mol. The van der Waals surface area contributed by atoms with Crippen molar-refractivity contribution in [3.05, 3.63) is 44.2 Å². The molecule has 1 aromatic carbocycles. The molecule has 150 valence electrons. The molecule has 8 heteroatoms. The van der Waals surface area contributed by atoms with E-state index in [1.165, 1.54) is 11.3 Å². The van der Waals surface area contributed by atoms with E-state index in [2.05, 4.69) is 5.32 Å². The third-order valence-electron chi connectivity index (χ3n) is 4.41. The van der Waals surface area contributed by atoms with Gasteiger partial charge in [-0.15, -0.1) is 11.3 Å². The summed E-state index contributed by atoms with van der Waals surface area (Å²) in [5.74, 6) is -0.439. The molecule has 0 saturated heterocycles. The van der Waals surface area contributed by atoms with Gasteiger partial charge in [-0.2, -0.15) is 0 Å². The molecule has 2 aromatic rings. The quantitative estimate of drug-likeness (QED) is 0.473. The van der Waals surface area contributed by atoms with E-state index in [1.54, 1.807) is 25.1 Å². The van der Waals surface area contributed by atoms with Gasteiger partial charge in [-0.05, 0) is 50.3 Å². The van der Waals surface area contributed by atoms with Gasteiger partial charge in [-0.25, -0.2) is 4.79 Å². The van der Waals surface area contributed by atoms with E-state index in [-0.39, 0.29) is 19.1 Å². The molecule has 28 heavy (non-hydrogen) atoms. The van der Waals surface area contributed by atoms with Crippen molar-refractivity contribution in [1.29, 1.82) is 0 Å². The SMILES string of the molecule is CCOC(=O)c1c(NC(=O)COc2cc(Cl)ccc2Cl)sc2c1CCCCC2. The maximum atomic E-state index is 12.5. The molecule has 1 aromatic heterocycles. The fourth-order valence-corrected chi connectivity index (χ4v) is 4.77. The van der Waals surface area contributed by atoms with Gasteiger partial charge in [-0.1, -0.05) is 29.6 Å². The molecule has 0 unspecified atom stereocenters. The number of hydrogen-bond acceptors (Lipinski definition) is 5. The number of carbonyl (C=O) groups is 2. The van der Waals surface area contributed by atoms with Crippen LogP contribution in [-0.2, 0) is 22.4 Å². The molecule has 0 bridgehead atoms. The molecule has 1 aliphatic carbocycles. The Morgan fingerprint density at radius 2 is 1.96 bits per heavy atom. The summed E-state index contributed by atoms with van der Waals surface area (Å²) in [5, 5.41) is 4.17. The van der Waals surface area contributed by atoms with E-state index < -0.39 is 5.97 Å². The Labute approximate surface area is 177 Å². The highest BCUT2D eigenvalue weighted by Gasteiger charge is 2.26. The number of aryl methyl sites for hydroxylation is 1. The molecule has 0 aliphatic heterocycles. The molecule has 0 radical (unpaired) electrons. The Bertz CT molecular complexity index is 881. The smallest absolute Gasteiger partial charge is 0.341 e. The fraction of sp³-hybridized carbons (Fsp3) is 0.400. The van der Waals surface area contributed by atoms with Gasteiger partial charge < -0.3 is 14.8 Å². The molecule has 5 nitrogen and oxygen atoms in total. The molecular weight excluding hydrogens is 421 g/mol. The van der Waals surface area contributed by atoms with Crippen molar-refractivity contribution in [3.8, 4) is 5.75 Å². The van der Waals surface area contributed by atoms with Gasteiger partial charge in [0.05, 0.1) is 17.2 Å². The van der Waals surface area contributed by atoms with Crippen LogP contribution in [0.2, 0.25) is 10.0 Å². The van der Waals surface area contributed by atoms with Crippen LogP contribution in [-0.4, -0.2) is 25.1 Å². The molecule has 0 fully saturated rings. The van der Waals surface area contributed by atoms with Crippen LogP contribution in [0.1, 0.15) is 47.0 Å². The van der Waals surface area contributed by atoms with Crippen LogP contribution < -0.4 is 10.1 Å². The zero-order valence-electron chi connectivity index (χ0n) is 15.5. The van der Waals surface area contributed by atoms with Crippen LogP contribution in [0.3, 0.4) is 0 Å². The van der Waals surface area contributed by atoms with E-state index in [1.807, 2.05) is 0 Å². The summed E-state index contributed by atoms with van der Waals surface area (Å²) in [7, 11) is 0. The zero-order valence-corrected chi connectivity index (χ0v) is 17.8. The van der Waals surface area contributed by atoms with Gasteiger partial charge in [0, 0.05) is 16.0 Å². The second-order valence-corrected chi connectivity index (χ2v) is 8.35. The van der Waals surface area contributed by atoms with Crippen molar-refractivity contribution in [2.45, 2.75) is 39.0 Å². The number of fused-ring (bicyclic) bond motifs is 1. The molecule has 0 atom stereocenters. The maximum absolute atomic E-state index is 12.5. The number of nitrogens with one attached hydrogen (secondary N) is 1.